The number of rotatable bonds is 4. The molecule has 0 radical (unpaired) electrons. The van der Waals surface area contributed by atoms with E-state index in [0.717, 1.165) is 32.4 Å². The Morgan fingerprint density at radius 1 is 0.750 bits per heavy atom. The number of aryl methyl sites for hydroxylation is 2. The number of carboxylic acids is 1. The number of ketones is 1. The molecule has 4 aromatic rings. The molecular formula is C39H52ClN3O3S2. The number of nitrogens with two attached hydrogens (primary N) is 1. The van der Waals surface area contributed by atoms with Crippen LogP contribution < -0.4 is 5.73 Å². The average Bonchev–Trinajstić information content (AvgIpc) is 3.67. The molecule has 2 aromatic carbocycles. The average molecular weight is 710 g/mol. The van der Waals surface area contributed by atoms with Gasteiger partial charge in [-0.2, -0.15) is 0 Å². The Morgan fingerprint density at radius 3 is 1.65 bits per heavy atom. The van der Waals surface area contributed by atoms with E-state index in [1.54, 1.807) is 17.4 Å². The number of thiophene rings is 2. The maximum Gasteiger partial charge on any atom is 0.345 e. The van der Waals surface area contributed by atoms with Gasteiger partial charge in [-0.1, -0.05) is 24.3 Å². The second-order valence-corrected chi connectivity index (χ2v) is 17.5. The molecule has 0 aliphatic carbocycles. The Labute approximate surface area is 300 Å². The minimum Gasteiger partial charge on any atom is -0.477 e. The number of carbonyl (C=O) groups is 2. The first-order valence-corrected chi connectivity index (χ1v) is 18.9. The topological polar surface area (TPSA) is 86.9 Å². The molecule has 48 heavy (non-hydrogen) atoms. The van der Waals surface area contributed by atoms with Crippen molar-refractivity contribution in [3.05, 3.63) is 69.4 Å². The van der Waals surface area contributed by atoms with E-state index >= 15 is 0 Å². The van der Waals surface area contributed by atoms with Crippen molar-refractivity contribution in [1.29, 1.82) is 0 Å². The Balaban J connectivity index is 0.000000153. The fourth-order valence-corrected chi connectivity index (χ4v) is 10.7. The third-order valence-corrected chi connectivity index (χ3v) is 14.0. The molecule has 2 aromatic heterocycles. The lowest BCUT2D eigenvalue weighted by Crippen LogP contribution is -2.67. The zero-order valence-electron chi connectivity index (χ0n) is 29.3. The van der Waals surface area contributed by atoms with Crippen LogP contribution in [0, 0.1) is 31.6 Å². The molecule has 6 aliphatic heterocycles. The predicted octanol–water partition coefficient (Wildman–Crippen LogP) is 9.05. The Kier molecular flexibility index (Phi) is 11.2. The second kappa shape index (κ2) is 14.5. The summed E-state index contributed by atoms with van der Waals surface area (Å²) in [5.41, 5.74) is 9.01. The summed E-state index contributed by atoms with van der Waals surface area (Å²) >= 11 is 2.99. The number of benzene rings is 2. The Hall–Kier alpha value is -2.33. The molecule has 6 saturated heterocycles. The summed E-state index contributed by atoms with van der Waals surface area (Å²) < 4.78 is 2.28. The van der Waals surface area contributed by atoms with Gasteiger partial charge in [0.1, 0.15) is 4.88 Å². The zero-order valence-corrected chi connectivity index (χ0v) is 31.7. The molecule has 9 heteroatoms. The summed E-state index contributed by atoms with van der Waals surface area (Å²) in [6.07, 6.45) is 5.90. The molecule has 10 rings (SSSR count). The summed E-state index contributed by atoms with van der Waals surface area (Å²) in [4.78, 5) is 30.1. The van der Waals surface area contributed by atoms with Crippen LogP contribution in [0.2, 0.25) is 0 Å². The van der Waals surface area contributed by atoms with Gasteiger partial charge in [0.05, 0.1) is 4.88 Å². The molecule has 6 fully saturated rings. The van der Waals surface area contributed by atoms with Gasteiger partial charge in [0.15, 0.2) is 5.78 Å². The van der Waals surface area contributed by atoms with Gasteiger partial charge in [-0.3, -0.25) is 14.6 Å². The first-order chi connectivity index (χ1) is 22.2. The molecule has 4 bridgehead atoms. The maximum atomic E-state index is 12.9. The van der Waals surface area contributed by atoms with Gasteiger partial charge in [-0.15, -0.1) is 35.1 Å². The van der Waals surface area contributed by atoms with Crippen molar-refractivity contribution in [2.75, 3.05) is 26.2 Å². The van der Waals surface area contributed by atoms with Gasteiger partial charge in [0, 0.05) is 32.9 Å². The largest absolute Gasteiger partial charge is 0.477 e. The first kappa shape index (κ1) is 36.9. The molecule has 6 aliphatic rings. The number of carboxylic acid groups (broad SMARTS) is 1. The highest BCUT2D eigenvalue weighted by Gasteiger charge is 2.48. The van der Waals surface area contributed by atoms with Crippen molar-refractivity contribution < 1.29 is 14.7 Å². The van der Waals surface area contributed by atoms with Crippen LogP contribution in [0.5, 0.6) is 0 Å². The van der Waals surface area contributed by atoms with Gasteiger partial charge >= 0.3 is 5.97 Å². The number of Topliss-reactive ketones (excluding diaryl/α,β-unsaturated/α-hetero) is 1. The molecule has 0 unspecified atom stereocenters. The maximum absolute atomic E-state index is 12.9. The number of hydrogen-bond donors (Lipinski definition) is 2. The van der Waals surface area contributed by atoms with Crippen LogP contribution in [0.4, 0.5) is 0 Å². The number of aromatic carboxylic acids is 1. The minimum absolute atomic E-state index is 0. The summed E-state index contributed by atoms with van der Waals surface area (Å²) in [5.74, 6) is 1.53. The highest BCUT2D eigenvalue weighted by Crippen LogP contribution is 2.46. The van der Waals surface area contributed by atoms with Crippen LogP contribution in [0.3, 0.4) is 0 Å². The predicted molar refractivity (Wildman–Crippen MR) is 204 cm³/mol. The van der Waals surface area contributed by atoms with Crippen molar-refractivity contribution in [3.63, 3.8) is 0 Å². The van der Waals surface area contributed by atoms with Crippen LogP contribution in [-0.2, 0) is 0 Å². The van der Waals surface area contributed by atoms with E-state index in [2.05, 4.69) is 68.7 Å². The van der Waals surface area contributed by atoms with E-state index < -0.39 is 5.97 Å². The lowest BCUT2D eigenvalue weighted by molar-refractivity contribution is -0.0643. The normalized spacial score (nSPS) is 27.7. The van der Waals surface area contributed by atoms with Crippen LogP contribution >= 0.6 is 35.1 Å². The number of piperidine rings is 6. The van der Waals surface area contributed by atoms with Gasteiger partial charge in [0.2, 0.25) is 0 Å². The monoisotopic (exact) mass is 709 g/mol. The molecular weight excluding hydrogens is 658 g/mol. The van der Waals surface area contributed by atoms with Crippen molar-refractivity contribution in [1.82, 2.24) is 9.80 Å². The van der Waals surface area contributed by atoms with Crippen molar-refractivity contribution in [2.45, 2.75) is 90.8 Å². The summed E-state index contributed by atoms with van der Waals surface area (Å²) in [6, 6.07) is 16.6. The van der Waals surface area contributed by atoms with E-state index in [-0.39, 0.29) is 23.5 Å². The van der Waals surface area contributed by atoms with Crippen molar-refractivity contribution >= 4 is 67.0 Å². The minimum atomic E-state index is -0.848. The molecule has 260 valence electrons. The quantitative estimate of drug-likeness (QED) is 0.206. The molecule has 0 spiro atoms. The summed E-state index contributed by atoms with van der Waals surface area (Å²) in [6.45, 7) is 18.3. The number of fused-ring (bicyclic) bond motifs is 8. The van der Waals surface area contributed by atoms with E-state index in [1.165, 1.54) is 78.8 Å². The Bertz CT molecular complexity index is 1760. The standard InChI is InChI=1S/C20H25NOS.C10H8O2S.C9H18N2.ClH/c1-13-4-5-15-11-19(23-18(15)10-13)17(22)12-16-14-6-8-21(9-7-14)20(16,2)3;1-6-2-3-7-5-9(10(11)12)13-8(7)4-6;1-9(2)8(10)7-3-5-11(9)6-4-7;/h4-5,10-11,14,16H,6-9,12H2,1-3H3;2-5H,1H3,(H,11,12);7-8H,3-6,10H2,1-2H3;1H/t16-;;8-;/m1.1./s1. The molecule has 6 nitrogen and oxygen atoms in total. The number of hydrogen-bond acceptors (Lipinski definition) is 7. The molecule has 0 saturated carbocycles. The smallest absolute Gasteiger partial charge is 0.345 e. The third kappa shape index (κ3) is 7.40. The Morgan fingerprint density at radius 2 is 1.21 bits per heavy atom. The fourth-order valence-electron chi connectivity index (χ4n) is 8.55. The first-order valence-electron chi connectivity index (χ1n) is 17.3. The van der Waals surface area contributed by atoms with Gasteiger partial charge in [-0.25, -0.2) is 4.79 Å². The summed E-state index contributed by atoms with van der Waals surface area (Å²) in [5, 5.41) is 11.0. The lowest BCUT2D eigenvalue weighted by Gasteiger charge is -2.56. The number of carbonyl (C=O) groups excluding carboxylic acids is 1. The second-order valence-electron chi connectivity index (χ2n) is 15.3. The highest BCUT2D eigenvalue weighted by atomic mass is 35.5. The van der Waals surface area contributed by atoms with Crippen LogP contribution in [-0.4, -0.2) is 70.0 Å². The van der Waals surface area contributed by atoms with Gasteiger partial charge in [0.25, 0.3) is 0 Å². The van der Waals surface area contributed by atoms with E-state index in [0.29, 0.717) is 29.0 Å². The van der Waals surface area contributed by atoms with Crippen LogP contribution in [0.25, 0.3) is 20.2 Å². The van der Waals surface area contributed by atoms with Crippen molar-refractivity contribution in [2.24, 2.45) is 23.5 Å². The van der Waals surface area contributed by atoms with Crippen LogP contribution in [0.15, 0.2) is 48.5 Å². The molecule has 0 amide bonds. The molecule has 3 N–H and O–H groups in total. The van der Waals surface area contributed by atoms with Gasteiger partial charge < -0.3 is 10.8 Å². The SMILES string of the molecule is CC1(C)[C@H](N)C2CCN1CC2.Cc1ccc2cc(C(=O)C[C@@H]3C4CCN(CC4)C3(C)C)sc2c1.Cc1ccc2cc(C(=O)O)sc2c1.Cl. The third-order valence-electron chi connectivity index (χ3n) is 11.8. The molecule has 2 atom stereocenters. The van der Waals surface area contributed by atoms with E-state index in [1.807, 2.05) is 25.1 Å². The molecule has 8 heterocycles. The van der Waals surface area contributed by atoms with E-state index in [4.69, 9.17) is 10.8 Å². The van der Waals surface area contributed by atoms with E-state index in [9.17, 15) is 9.59 Å². The van der Waals surface area contributed by atoms with Crippen molar-refractivity contribution in [3.8, 4) is 0 Å². The number of halogens is 1. The number of nitrogens with zero attached hydrogens (tertiary/aromatic N) is 2. The van der Waals surface area contributed by atoms with Gasteiger partial charge in [-0.05, 0) is 157 Å². The zero-order chi connectivity index (χ0) is 33.7. The lowest BCUT2D eigenvalue weighted by atomic mass is 9.65. The van der Waals surface area contributed by atoms with Crippen LogP contribution in [0.1, 0.15) is 90.3 Å². The fraction of sp³-hybridized carbons (Fsp3) is 0.538. The highest BCUT2D eigenvalue weighted by molar-refractivity contribution is 7.21. The summed E-state index contributed by atoms with van der Waals surface area (Å²) in [7, 11) is 0.